The normalized spacial score (nSPS) is 26.3. The molecule has 0 aliphatic heterocycles. The molecule has 0 heterocycles. The minimum atomic E-state index is -0.0944. The summed E-state index contributed by atoms with van der Waals surface area (Å²) in [7, 11) is 0. The fraction of sp³-hybridized carbons (Fsp3) is 0.917. The maximum atomic E-state index is 11.4. The third-order valence-electron chi connectivity index (χ3n) is 2.96. The van der Waals surface area contributed by atoms with Gasteiger partial charge in [0.05, 0.1) is 6.54 Å². The van der Waals surface area contributed by atoms with E-state index < -0.39 is 0 Å². The summed E-state index contributed by atoms with van der Waals surface area (Å²) >= 11 is 0. The molecule has 1 saturated carbocycles. The first-order valence-corrected chi connectivity index (χ1v) is 6.12. The summed E-state index contributed by atoms with van der Waals surface area (Å²) in [6.07, 6.45) is 5.70. The third kappa shape index (κ3) is 5.17. The van der Waals surface area contributed by atoms with E-state index in [1.165, 1.54) is 12.8 Å². The van der Waals surface area contributed by atoms with Crippen LogP contribution in [0.4, 0.5) is 0 Å². The number of carbonyl (C=O) groups is 1. The van der Waals surface area contributed by atoms with Crippen molar-refractivity contribution in [3.8, 4) is 0 Å². The lowest BCUT2D eigenvalue weighted by Gasteiger charge is -2.26. The first-order chi connectivity index (χ1) is 7.22. The zero-order valence-electron chi connectivity index (χ0n) is 9.92. The zero-order valence-corrected chi connectivity index (χ0v) is 9.92. The van der Waals surface area contributed by atoms with Crippen molar-refractivity contribution in [2.75, 3.05) is 13.1 Å². The predicted molar refractivity (Wildman–Crippen MR) is 60.7 cm³/mol. The largest absolute Gasteiger partial charge is 0.461 e. The van der Waals surface area contributed by atoms with Crippen LogP contribution in [0.25, 0.3) is 0 Å². The number of nitrogens with one attached hydrogen (secondary N) is 1. The van der Waals surface area contributed by atoms with Gasteiger partial charge in [0.15, 0.2) is 0 Å². The Bertz CT molecular complexity index is 186. The van der Waals surface area contributed by atoms with Gasteiger partial charge in [0, 0.05) is 0 Å². The molecular formula is C12H23NO2. The molecule has 1 aliphatic rings. The maximum absolute atomic E-state index is 11.4. The fourth-order valence-electron chi connectivity index (χ4n) is 1.94. The van der Waals surface area contributed by atoms with Gasteiger partial charge in [0.2, 0.25) is 0 Å². The molecule has 0 atom stereocenters. The summed E-state index contributed by atoms with van der Waals surface area (Å²) in [5.74, 6) is 0.709. The monoisotopic (exact) mass is 213 g/mol. The summed E-state index contributed by atoms with van der Waals surface area (Å²) in [5.41, 5.74) is 0. The average molecular weight is 213 g/mol. The summed E-state index contributed by atoms with van der Waals surface area (Å²) in [6.45, 7) is 5.60. The quantitative estimate of drug-likeness (QED) is 0.561. The molecule has 3 nitrogen and oxygen atoms in total. The van der Waals surface area contributed by atoms with Gasteiger partial charge in [0.1, 0.15) is 6.10 Å². The zero-order chi connectivity index (χ0) is 11.1. The average Bonchev–Trinajstić information content (AvgIpc) is 2.22. The lowest BCUT2D eigenvalue weighted by atomic mass is 9.89. The number of hydrogen-bond acceptors (Lipinski definition) is 3. The van der Waals surface area contributed by atoms with E-state index >= 15 is 0 Å². The topological polar surface area (TPSA) is 38.3 Å². The number of rotatable bonds is 5. The van der Waals surface area contributed by atoms with Crippen LogP contribution in [0.2, 0.25) is 0 Å². The highest BCUT2D eigenvalue weighted by molar-refractivity contribution is 5.71. The van der Waals surface area contributed by atoms with Crippen molar-refractivity contribution in [3.63, 3.8) is 0 Å². The third-order valence-corrected chi connectivity index (χ3v) is 2.96. The first-order valence-electron chi connectivity index (χ1n) is 6.12. The molecule has 0 aromatic heterocycles. The SMILES string of the molecule is CCCNCC(=O)OC1CCC(C)CC1. The van der Waals surface area contributed by atoms with Crippen LogP contribution >= 0.6 is 0 Å². The van der Waals surface area contributed by atoms with E-state index in [-0.39, 0.29) is 12.1 Å². The second-order valence-electron chi connectivity index (χ2n) is 4.55. The van der Waals surface area contributed by atoms with Gasteiger partial charge in [-0.15, -0.1) is 0 Å². The summed E-state index contributed by atoms with van der Waals surface area (Å²) in [6, 6.07) is 0. The Morgan fingerprint density at radius 2 is 2.00 bits per heavy atom. The second kappa shape index (κ2) is 6.83. The van der Waals surface area contributed by atoms with Gasteiger partial charge in [-0.3, -0.25) is 4.79 Å². The summed E-state index contributed by atoms with van der Waals surface area (Å²) < 4.78 is 5.38. The Hall–Kier alpha value is -0.570. The number of ether oxygens (including phenoxy) is 1. The minimum absolute atomic E-state index is 0.0944. The Balaban J connectivity index is 2.09. The molecular weight excluding hydrogens is 190 g/mol. The molecule has 0 unspecified atom stereocenters. The fourth-order valence-corrected chi connectivity index (χ4v) is 1.94. The van der Waals surface area contributed by atoms with E-state index in [1.54, 1.807) is 0 Å². The lowest BCUT2D eigenvalue weighted by Crippen LogP contribution is -2.30. The lowest BCUT2D eigenvalue weighted by molar-refractivity contribution is -0.149. The molecule has 88 valence electrons. The van der Waals surface area contributed by atoms with Crippen LogP contribution in [0, 0.1) is 5.92 Å². The van der Waals surface area contributed by atoms with Crippen molar-refractivity contribution < 1.29 is 9.53 Å². The highest BCUT2D eigenvalue weighted by Crippen LogP contribution is 2.25. The number of esters is 1. The Morgan fingerprint density at radius 3 is 2.60 bits per heavy atom. The molecule has 0 aromatic rings. The van der Waals surface area contributed by atoms with Crippen molar-refractivity contribution in [2.24, 2.45) is 5.92 Å². The maximum Gasteiger partial charge on any atom is 0.320 e. The second-order valence-corrected chi connectivity index (χ2v) is 4.55. The van der Waals surface area contributed by atoms with E-state index in [4.69, 9.17) is 4.74 Å². The number of carbonyl (C=O) groups excluding carboxylic acids is 1. The highest BCUT2D eigenvalue weighted by atomic mass is 16.5. The van der Waals surface area contributed by atoms with Crippen molar-refractivity contribution >= 4 is 5.97 Å². The van der Waals surface area contributed by atoms with Crippen LogP contribution < -0.4 is 5.32 Å². The first kappa shape index (κ1) is 12.5. The van der Waals surface area contributed by atoms with Gasteiger partial charge in [0.25, 0.3) is 0 Å². The van der Waals surface area contributed by atoms with Gasteiger partial charge in [-0.05, 0) is 44.6 Å². The van der Waals surface area contributed by atoms with E-state index in [2.05, 4.69) is 19.2 Å². The van der Waals surface area contributed by atoms with Crippen LogP contribution in [-0.4, -0.2) is 25.2 Å². The molecule has 0 saturated heterocycles. The summed E-state index contributed by atoms with van der Waals surface area (Å²) in [5, 5.41) is 3.06. The Labute approximate surface area is 92.6 Å². The smallest absolute Gasteiger partial charge is 0.320 e. The molecule has 0 spiro atoms. The van der Waals surface area contributed by atoms with Crippen LogP contribution in [0.15, 0.2) is 0 Å². The standard InChI is InChI=1S/C12H23NO2/c1-3-8-13-9-12(14)15-11-6-4-10(2)5-7-11/h10-11,13H,3-9H2,1-2H3. The molecule has 3 heteroatoms. The van der Waals surface area contributed by atoms with E-state index in [0.717, 1.165) is 31.7 Å². The predicted octanol–water partition coefficient (Wildman–Crippen LogP) is 2.11. The van der Waals surface area contributed by atoms with Gasteiger partial charge in [-0.25, -0.2) is 0 Å². The van der Waals surface area contributed by atoms with Crippen molar-refractivity contribution in [2.45, 2.75) is 52.1 Å². The molecule has 0 radical (unpaired) electrons. The van der Waals surface area contributed by atoms with Gasteiger partial charge in [-0.2, -0.15) is 0 Å². The van der Waals surface area contributed by atoms with Crippen LogP contribution in [0.3, 0.4) is 0 Å². The van der Waals surface area contributed by atoms with Crippen LogP contribution in [0.1, 0.15) is 46.0 Å². The van der Waals surface area contributed by atoms with Crippen molar-refractivity contribution in [3.05, 3.63) is 0 Å². The van der Waals surface area contributed by atoms with Gasteiger partial charge < -0.3 is 10.1 Å². The van der Waals surface area contributed by atoms with Gasteiger partial charge in [-0.1, -0.05) is 13.8 Å². The van der Waals surface area contributed by atoms with Crippen LogP contribution in [-0.2, 0) is 9.53 Å². The molecule has 0 bridgehead atoms. The number of hydrogen-bond donors (Lipinski definition) is 1. The minimum Gasteiger partial charge on any atom is -0.461 e. The summed E-state index contributed by atoms with van der Waals surface area (Å²) in [4.78, 5) is 11.4. The van der Waals surface area contributed by atoms with Gasteiger partial charge >= 0.3 is 5.97 Å². The van der Waals surface area contributed by atoms with E-state index in [0.29, 0.717) is 6.54 Å². The van der Waals surface area contributed by atoms with Crippen LogP contribution in [0.5, 0.6) is 0 Å². The molecule has 1 aliphatic carbocycles. The van der Waals surface area contributed by atoms with Crippen molar-refractivity contribution in [1.82, 2.24) is 5.32 Å². The Kier molecular flexibility index (Phi) is 5.69. The molecule has 0 amide bonds. The Morgan fingerprint density at radius 1 is 1.33 bits per heavy atom. The van der Waals surface area contributed by atoms with E-state index in [9.17, 15) is 4.79 Å². The molecule has 1 N–H and O–H groups in total. The molecule has 15 heavy (non-hydrogen) atoms. The molecule has 1 fully saturated rings. The molecule has 1 rings (SSSR count). The highest BCUT2D eigenvalue weighted by Gasteiger charge is 2.20. The van der Waals surface area contributed by atoms with Crippen molar-refractivity contribution in [1.29, 1.82) is 0 Å². The van der Waals surface area contributed by atoms with E-state index in [1.807, 2.05) is 0 Å². The molecule has 0 aromatic carbocycles.